The highest BCUT2D eigenvalue weighted by molar-refractivity contribution is 6.81. The van der Waals surface area contributed by atoms with Crippen molar-refractivity contribution in [3.05, 3.63) is 36.5 Å². The van der Waals surface area contributed by atoms with Crippen LogP contribution in [0.5, 0.6) is 0 Å². The summed E-state index contributed by atoms with van der Waals surface area (Å²) >= 11 is 0. The Hall–Kier alpha value is -1.79. The fourth-order valence-corrected chi connectivity index (χ4v) is 10.0. The maximum atomic E-state index is 12.2. The van der Waals surface area contributed by atoms with E-state index in [0.717, 1.165) is 40.9 Å². The Labute approximate surface area is 157 Å². The Morgan fingerprint density at radius 1 is 0.962 bits per heavy atom. The zero-order chi connectivity index (χ0) is 20.1. The highest BCUT2D eigenvalue weighted by atomic mass is 28.3. The van der Waals surface area contributed by atoms with Crippen LogP contribution in [0.3, 0.4) is 0 Å². The van der Waals surface area contributed by atoms with Gasteiger partial charge < -0.3 is 5.11 Å². The van der Waals surface area contributed by atoms with E-state index >= 15 is 0 Å². The topological polar surface area (TPSA) is 71.4 Å². The Bertz CT molecular complexity index is 593. The number of hydrogen-bond acceptors (Lipinski definition) is 3. The third-order valence-electron chi connectivity index (χ3n) is 4.96. The SMILES string of the molecule is C=C(C)C[Si](CCC[N+]1(C(=O)O)C(=O)CCC1=O)(CC(=C)C)CC(=C)C. The number of hydrogen-bond donors (Lipinski definition) is 1. The van der Waals surface area contributed by atoms with Gasteiger partial charge in [-0.1, -0.05) is 27.2 Å². The zero-order valence-corrected chi connectivity index (χ0v) is 17.4. The van der Waals surface area contributed by atoms with Crippen LogP contribution in [0.4, 0.5) is 4.79 Å². The van der Waals surface area contributed by atoms with Gasteiger partial charge >= 0.3 is 17.9 Å². The second-order valence-corrected chi connectivity index (χ2v) is 12.7. The molecule has 1 rings (SSSR count). The molecule has 3 amide bonds. The summed E-state index contributed by atoms with van der Waals surface area (Å²) in [4.78, 5) is 36.1. The van der Waals surface area contributed by atoms with Gasteiger partial charge in [0.2, 0.25) is 0 Å². The summed E-state index contributed by atoms with van der Waals surface area (Å²) < 4.78 is -1.03. The minimum Gasteiger partial charge on any atom is -0.435 e. The standard InChI is InChI=1S/C20H31NO4Si/c1-15(2)12-26(13-16(3)4,14-17(5)6)11-7-10-21(20(24)25)18(22)8-9-19(21)23/h1,3,5,7-14H2,2,4,6H3/p+1. The van der Waals surface area contributed by atoms with Crippen LogP contribution >= 0.6 is 0 Å². The molecule has 144 valence electrons. The largest absolute Gasteiger partial charge is 0.528 e. The van der Waals surface area contributed by atoms with Gasteiger partial charge in [-0.2, -0.15) is 4.79 Å². The molecular formula is C20H32NO4Si+. The molecule has 1 N–H and O–H groups in total. The van der Waals surface area contributed by atoms with E-state index in [-0.39, 0.29) is 19.4 Å². The molecular weight excluding hydrogens is 346 g/mol. The zero-order valence-electron chi connectivity index (χ0n) is 16.4. The van der Waals surface area contributed by atoms with Crippen LogP contribution in [-0.4, -0.2) is 42.1 Å². The van der Waals surface area contributed by atoms with Crippen molar-refractivity contribution < 1.29 is 24.0 Å². The average molecular weight is 379 g/mol. The quantitative estimate of drug-likeness (QED) is 0.254. The minimum absolute atomic E-state index is 0.0248. The van der Waals surface area contributed by atoms with E-state index in [1.54, 1.807) is 0 Å². The molecule has 5 nitrogen and oxygen atoms in total. The fraction of sp³-hybridized carbons (Fsp3) is 0.550. The molecule has 26 heavy (non-hydrogen) atoms. The van der Waals surface area contributed by atoms with Gasteiger partial charge in [-0.3, -0.25) is 0 Å². The molecule has 0 radical (unpaired) electrons. The van der Waals surface area contributed by atoms with Crippen LogP contribution in [0.15, 0.2) is 36.5 Å². The van der Waals surface area contributed by atoms with Crippen LogP contribution in [0, 0.1) is 0 Å². The maximum absolute atomic E-state index is 12.2. The van der Waals surface area contributed by atoms with E-state index in [0.29, 0.717) is 6.42 Å². The normalized spacial score (nSPS) is 16.6. The van der Waals surface area contributed by atoms with Gasteiger partial charge in [0.05, 0.1) is 20.9 Å². The first kappa shape index (κ1) is 22.2. The summed E-state index contributed by atoms with van der Waals surface area (Å²) in [5, 5.41) is 9.57. The molecule has 1 fully saturated rings. The summed E-state index contributed by atoms with van der Waals surface area (Å²) in [5.41, 5.74) is 3.32. The smallest absolute Gasteiger partial charge is 0.435 e. The molecule has 0 saturated carbocycles. The number of imide groups is 3. The van der Waals surface area contributed by atoms with E-state index < -0.39 is 30.5 Å². The van der Waals surface area contributed by atoms with Gasteiger partial charge in [-0.05, 0) is 45.3 Å². The molecule has 1 heterocycles. The molecule has 0 spiro atoms. The molecule has 6 heteroatoms. The van der Waals surface area contributed by atoms with Gasteiger partial charge in [0, 0.05) is 0 Å². The number of carbonyl (C=O) groups is 3. The average Bonchev–Trinajstić information content (AvgIpc) is 2.73. The molecule has 0 unspecified atom stereocenters. The summed E-state index contributed by atoms with van der Waals surface area (Å²) in [5.74, 6) is -0.982. The van der Waals surface area contributed by atoms with Crippen LogP contribution in [-0.2, 0) is 9.59 Å². The first-order valence-electron chi connectivity index (χ1n) is 9.07. The van der Waals surface area contributed by atoms with Crippen molar-refractivity contribution in [2.75, 3.05) is 6.54 Å². The van der Waals surface area contributed by atoms with E-state index in [1.807, 2.05) is 20.8 Å². The fourth-order valence-electron chi connectivity index (χ4n) is 4.36. The lowest BCUT2D eigenvalue weighted by Gasteiger charge is -2.34. The molecule has 0 aliphatic carbocycles. The Morgan fingerprint density at radius 2 is 1.35 bits per heavy atom. The van der Waals surface area contributed by atoms with Crippen LogP contribution < -0.4 is 0 Å². The maximum Gasteiger partial charge on any atom is 0.528 e. The second kappa shape index (κ2) is 8.73. The number of rotatable bonds is 10. The summed E-state index contributed by atoms with van der Waals surface area (Å²) in [6.07, 6.45) is -0.762. The van der Waals surface area contributed by atoms with E-state index in [1.165, 1.54) is 0 Å². The van der Waals surface area contributed by atoms with Crippen LogP contribution in [0.2, 0.25) is 24.2 Å². The molecule has 1 aliphatic rings. The number of quaternary nitrogens is 1. The molecule has 1 aliphatic heterocycles. The van der Waals surface area contributed by atoms with Crippen molar-refractivity contribution in [2.45, 2.75) is 64.2 Å². The van der Waals surface area contributed by atoms with E-state index in [9.17, 15) is 19.5 Å². The first-order valence-corrected chi connectivity index (χ1v) is 11.9. The van der Waals surface area contributed by atoms with Gasteiger partial charge in [0.25, 0.3) is 0 Å². The highest BCUT2D eigenvalue weighted by Gasteiger charge is 2.56. The van der Waals surface area contributed by atoms with Crippen molar-refractivity contribution in [1.82, 2.24) is 0 Å². The summed E-state index contributed by atoms with van der Waals surface area (Å²) in [6.45, 7) is 18.3. The van der Waals surface area contributed by atoms with Crippen molar-refractivity contribution >= 4 is 26.0 Å². The summed E-state index contributed by atoms with van der Waals surface area (Å²) in [7, 11) is -1.89. The van der Waals surface area contributed by atoms with E-state index in [4.69, 9.17) is 0 Å². The minimum atomic E-state index is -1.89. The van der Waals surface area contributed by atoms with Crippen LogP contribution in [0.25, 0.3) is 0 Å². The predicted molar refractivity (Wildman–Crippen MR) is 106 cm³/mol. The van der Waals surface area contributed by atoms with Gasteiger partial charge in [0.1, 0.15) is 6.54 Å². The summed E-state index contributed by atoms with van der Waals surface area (Å²) in [6, 6.07) is 3.58. The number of amides is 3. The number of allylic oxidation sites excluding steroid dienone is 3. The molecule has 0 aromatic rings. The third-order valence-corrected chi connectivity index (χ3v) is 10.4. The van der Waals surface area contributed by atoms with Crippen molar-refractivity contribution in [2.24, 2.45) is 0 Å². The molecule has 0 aromatic carbocycles. The van der Waals surface area contributed by atoms with Gasteiger partial charge in [-0.25, -0.2) is 9.59 Å². The molecule has 1 saturated heterocycles. The molecule has 0 aromatic heterocycles. The highest BCUT2D eigenvalue weighted by Crippen LogP contribution is 2.36. The number of carbonyl (C=O) groups excluding carboxylic acids is 2. The van der Waals surface area contributed by atoms with Crippen molar-refractivity contribution in [3.8, 4) is 0 Å². The lowest BCUT2D eigenvalue weighted by atomic mass is 10.3. The number of nitrogens with zero attached hydrogens (tertiary/aromatic N) is 1. The van der Waals surface area contributed by atoms with E-state index in [2.05, 4.69) is 19.7 Å². The van der Waals surface area contributed by atoms with Crippen LogP contribution in [0.1, 0.15) is 40.0 Å². The lowest BCUT2D eigenvalue weighted by molar-refractivity contribution is -0.699. The Morgan fingerprint density at radius 3 is 1.65 bits per heavy atom. The van der Waals surface area contributed by atoms with Gasteiger partial charge in [0.15, 0.2) is 0 Å². The second-order valence-electron chi connectivity index (χ2n) is 8.11. The lowest BCUT2D eigenvalue weighted by Crippen LogP contribution is -2.57. The Balaban J connectivity index is 3.03. The third kappa shape index (κ3) is 5.11. The Kier molecular flexibility index (Phi) is 7.47. The van der Waals surface area contributed by atoms with Gasteiger partial charge in [-0.15, -0.1) is 19.7 Å². The first-order chi connectivity index (χ1) is 11.9. The monoisotopic (exact) mass is 378 g/mol. The molecule has 0 atom stereocenters. The van der Waals surface area contributed by atoms with Crippen molar-refractivity contribution in [3.63, 3.8) is 0 Å². The predicted octanol–water partition coefficient (Wildman–Crippen LogP) is 4.90. The van der Waals surface area contributed by atoms with Crippen molar-refractivity contribution in [1.29, 1.82) is 0 Å². The molecule has 0 bridgehead atoms. The number of likely N-dealkylation sites (tertiary alicyclic amines) is 1. The number of carboxylic acid groups (broad SMARTS) is 1.